The second kappa shape index (κ2) is 9.62. The van der Waals surface area contributed by atoms with Crippen molar-refractivity contribution < 1.29 is 4.42 Å². The van der Waals surface area contributed by atoms with E-state index < -0.39 is 0 Å². The summed E-state index contributed by atoms with van der Waals surface area (Å²) in [6.07, 6.45) is 0. The van der Waals surface area contributed by atoms with Crippen LogP contribution >= 0.6 is 0 Å². The van der Waals surface area contributed by atoms with Gasteiger partial charge in [-0.25, -0.2) is 9.97 Å². The lowest BCUT2D eigenvalue weighted by molar-refractivity contribution is 0.673. The zero-order valence-electron chi connectivity index (χ0n) is 24.7. The molecule has 0 saturated carbocycles. The van der Waals surface area contributed by atoms with Crippen LogP contribution in [0.3, 0.4) is 0 Å². The van der Waals surface area contributed by atoms with Gasteiger partial charge in [0, 0.05) is 43.4 Å². The normalized spacial score (nSPS) is 11.9. The molecule has 214 valence electrons. The molecule has 0 atom stereocenters. The summed E-state index contributed by atoms with van der Waals surface area (Å²) in [7, 11) is 0. The quantitative estimate of drug-likeness (QED) is 0.207. The van der Waals surface area contributed by atoms with Crippen molar-refractivity contribution in [3.05, 3.63) is 152 Å². The van der Waals surface area contributed by atoms with E-state index in [-0.39, 0.29) is 0 Å². The summed E-state index contributed by atoms with van der Waals surface area (Å²) in [4.78, 5) is 10.4. The van der Waals surface area contributed by atoms with Gasteiger partial charge in [-0.3, -0.25) is 0 Å². The number of nitrogens with zero attached hydrogens (tertiary/aromatic N) is 3. The SMILES string of the molecule is c1ccc(-c2nc(-c3ccccc3-n3c4ccccc4c4c5c(ccc6c7ccccc7oc65)ccc43)nc3ccccc23)cc1. The molecule has 4 nitrogen and oxygen atoms in total. The predicted molar refractivity (Wildman–Crippen MR) is 190 cm³/mol. The van der Waals surface area contributed by atoms with Crippen LogP contribution < -0.4 is 0 Å². The van der Waals surface area contributed by atoms with Crippen LogP contribution in [-0.4, -0.2) is 14.5 Å². The summed E-state index contributed by atoms with van der Waals surface area (Å²) in [6, 6.07) is 52.9. The van der Waals surface area contributed by atoms with Crippen molar-refractivity contribution in [3.8, 4) is 28.3 Å². The zero-order valence-corrected chi connectivity index (χ0v) is 24.7. The van der Waals surface area contributed by atoms with Gasteiger partial charge in [0.2, 0.25) is 0 Å². The third-order valence-electron chi connectivity index (χ3n) is 9.20. The molecular weight excluding hydrogens is 562 g/mol. The molecule has 0 saturated heterocycles. The van der Waals surface area contributed by atoms with Crippen molar-refractivity contribution in [3.63, 3.8) is 0 Å². The summed E-state index contributed by atoms with van der Waals surface area (Å²) < 4.78 is 8.96. The molecule has 3 heterocycles. The molecule has 0 fully saturated rings. The lowest BCUT2D eigenvalue weighted by atomic mass is 10.0. The molecule has 0 unspecified atom stereocenters. The molecule has 0 aliphatic carbocycles. The average molecular weight is 588 g/mol. The van der Waals surface area contributed by atoms with Crippen molar-refractivity contribution >= 4 is 65.4 Å². The van der Waals surface area contributed by atoms with Gasteiger partial charge in [0.25, 0.3) is 0 Å². The first-order chi connectivity index (χ1) is 22.8. The van der Waals surface area contributed by atoms with Gasteiger partial charge >= 0.3 is 0 Å². The molecule has 0 bridgehead atoms. The third kappa shape index (κ3) is 3.55. The van der Waals surface area contributed by atoms with Gasteiger partial charge in [-0.05, 0) is 47.9 Å². The lowest BCUT2D eigenvalue weighted by Crippen LogP contribution is -2.01. The van der Waals surface area contributed by atoms with Crippen molar-refractivity contribution in [1.82, 2.24) is 14.5 Å². The Hall–Kier alpha value is -6.26. The molecule has 0 aliphatic rings. The molecule has 10 aromatic rings. The molecule has 7 aromatic carbocycles. The highest BCUT2D eigenvalue weighted by Gasteiger charge is 2.21. The number of fused-ring (bicyclic) bond motifs is 10. The monoisotopic (exact) mass is 587 g/mol. The molecule has 0 amide bonds. The highest BCUT2D eigenvalue weighted by Crippen LogP contribution is 2.43. The minimum atomic E-state index is 0.694. The van der Waals surface area contributed by atoms with Crippen molar-refractivity contribution in [2.45, 2.75) is 0 Å². The fraction of sp³-hybridized carbons (Fsp3) is 0. The van der Waals surface area contributed by atoms with Gasteiger partial charge in [-0.2, -0.15) is 0 Å². The molecule has 0 aliphatic heterocycles. The molecule has 10 rings (SSSR count). The van der Waals surface area contributed by atoms with Crippen LogP contribution in [0, 0.1) is 0 Å². The third-order valence-corrected chi connectivity index (χ3v) is 9.20. The molecule has 3 aromatic heterocycles. The highest BCUT2D eigenvalue weighted by molar-refractivity contribution is 6.29. The predicted octanol–water partition coefficient (Wildman–Crippen LogP) is 11.1. The van der Waals surface area contributed by atoms with E-state index in [2.05, 4.69) is 126 Å². The van der Waals surface area contributed by atoms with Crippen LogP contribution in [-0.2, 0) is 0 Å². The van der Waals surface area contributed by atoms with E-state index in [1.54, 1.807) is 0 Å². The zero-order chi connectivity index (χ0) is 30.2. The first-order valence-electron chi connectivity index (χ1n) is 15.5. The van der Waals surface area contributed by atoms with Crippen LogP contribution in [0.15, 0.2) is 156 Å². The number of para-hydroxylation sites is 4. The minimum Gasteiger partial charge on any atom is -0.455 e. The summed E-state index contributed by atoms with van der Waals surface area (Å²) in [5.74, 6) is 0.694. The van der Waals surface area contributed by atoms with E-state index in [1.807, 2.05) is 30.3 Å². The summed E-state index contributed by atoms with van der Waals surface area (Å²) in [5, 5.41) is 7.94. The number of furan rings is 1. The maximum absolute atomic E-state index is 6.60. The van der Waals surface area contributed by atoms with E-state index in [0.717, 1.165) is 77.2 Å². The Kier molecular flexibility index (Phi) is 5.25. The standard InChI is InChI=1S/C42H25N3O/c1-2-12-27(13-3-1)40-30-15-4-8-18-33(30)43-42(44-40)32-17-6-10-20-35(32)45-34-19-9-5-16-31(34)39-36(45)25-23-26-22-24-29-28-14-7-11-21-37(28)46-41(29)38(26)39/h1-25H. The van der Waals surface area contributed by atoms with Gasteiger partial charge in [-0.1, -0.05) is 109 Å². The molecule has 4 heteroatoms. The Morgan fingerprint density at radius 2 is 1.20 bits per heavy atom. The summed E-state index contributed by atoms with van der Waals surface area (Å²) in [5.41, 5.74) is 8.96. The second-order valence-electron chi connectivity index (χ2n) is 11.7. The first-order valence-corrected chi connectivity index (χ1v) is 15.5. The Labute approximate surface area is 263 Å². The molecular formula is C42H25N3O. The second-order valence-corrected chi connectivity index (χ2v) is 11.7. The largest absolute Gasteiger partial charge is 0.455 e. The van der Waals surface area contributed by atoms with Crippen molar-refractivity contribution in [1.29, 1.82) is 0 Å². The molecule has 0 N–H and O–H groups in total. The highest BCUT2D eigenvalue weighted by atomic mass is 16.3. The summed E-state index contributed by atoms with van der Waals surface area (Å²) in [6.45, 7) is 0. The van der Waals surface area contributed by atoms with Gasteiger partial charge in [-0.15, -0.1) is 0 Å². The van der Waals surface area contributed by atoms with Crippen LogP contribution in [0.5, 0.6) is 0 Å². The first kappa shape index (κ1) is 25.1. The molecule has 46 heavy (non-hydrogen) atoms. The van der Waals surface area contributed by atoms with E-state index in [4.69, 9.17) is 14.4 Å². The maximum atomic E-state index is 6.60. The van der Waals surface area contributed by atoms with Crippen LogP contribution in [0.4, 0.5) is 0 Å². The van der Waals surface area contributed by atoms with E-state index in [9.17, 15) is 0 Å². The van der Waals surface area contributed by atoms with Crippen LogP contribution in [0.2, 0.25) is 0 Å². The maximum Gasteiger partial charge on any atom is 0.162 e. The number of aromatic nitrogens is 3. The fourth-order valence-electron chi connectivity index (χ4n) is 7.18. The van der Waals surface area contributed by atoms with Gasteiger partial charge < -0.3 is 8.98 Å². The van der Waals surface area contributed by atoms with Crippen molar-refractivity contribution in [2.75, 3.05) is 0 Å². The van der Waals surface area contributed by atoms with Crippen molar-refractivity contribution in [2.24, 2.45) is 0 Å². The number of hydrogen-bond donors (Lipinski definition) is 0. The van der Waals surface area contributed by atoms with Gasteiger partial charge in [0.1, 0.15) is 11.2 Å². The Morgan fingerprint density at radius 3 is 2.11 bits per heavy atom. The van der Waals surface area contributed by atoms with E-state index in [1.165, 1.54) is 10.8 Å². The number of hydrogen-bond acceptors (Lipinski definition) is 3. The van der Waals surface area contributed by atoms with Gasteiger partial charge in [0.15, 0.2) is 5.82 Å². The van der Waals surface area contributed by atoms with Crippen LogP contribution in [0.25, 0.3) is 93.8 Å². The minimum absolute atomic E-state index is 0.694. The Morgan fingerprint density at radius 1 is 0.478 bits per heavy atom. The summed E-state index contributed by atoms with van der Waals surface area (Å²) >= 11 is 0. The van der Waals surface area contributed by atoms with Gasteiger partial charge in [0.05, 0.1) is 27.9 Å². The Bertz CT molecular complexity index is 2810. The number of rotatable bonds is 3. The molecule has 0 spiro atoms. The van der Waals surface area contributed by atoms with E-state index in [0.29, 0.717) is 5.82 Å². The Balaban J connectivity index is 1.31. The van der Waals surface area contributed by atoms with Crippen LogP contribution in [0.1, 0.15) is 0 Å². The average Bonchev–Trinajstić information content (AvgIpc) is 3.67. The van der Waals surface area contributed by atoms with E-state index >= 15 is 0 Å². The number of benzene rings is 7. The smallest absolute Gasteiger partial charge is 0.162 e. The topological polar surface area (TPSA) is 43.9 Å². The lowest BCUT2D eigenvalue weighted by Gasteiger charge is -2.15. The molecule has 0 radical (unpaired) electrons. The fourth-order valence-corrected chi connectivity index (χ4v) is 7.18.